The Bertz CT molecular complexity index is 442. The van der Waals surface area contributed by atoms with E-state index in [9.17, 15) is 9.90 Å². The Kier molecular flexibility index (Phi) is 4.01. The average Bonchev–Trinajstić information content (AvgIpc) is 2.29. The summed E-state index contributed by atoms with van der Waals surface area (Å²) in [5, 5.41) is 19.3. The normalized spacial score (nSPS) is 12.5. The first-order valence-electron chi connectivity index (χ1n) is 5.22. The lowest BCUT2D eigenvalue weighted by Crippen LogP contribution is -2.32. The molecule has 1 aromatic carbocycles. The summed E-state index contributed by atoms with van der Waals surface area (Å²) in [4.78, 5) is 10.7. The van der Waals surface area contributed by atoms with Crippen molar-refractivity contribution in [3.63, 3.8) is 0 Å². The highest BCUT2D eigenvalue weighted by molar-refractivity contribution is 6.32. The predicted octanol–water partition coefficient (Wildman–Crippen LogP) is 1.93. The molecule has 94 valence electrons. The lowest BCUT2D eigenvalue weighted by atomic mass is 9.94. The van der Waals surface area contributed by atoms with Gasteiger partial charge in [-0.3, -0.25) is 4.79 Å². The molecule has 5 heteroatoms. The topological polar surface area (TPSA) is 83.6 Å². The van der Waals surface area contributed by atoms with Crippen molar-refractivity contribution in [3.05, 3.63) is 27.3 Å². The van der Waals surface area contributed by atoms with Crippen molar-refractivity contribution in [3.8, 4) is 5.75 Å². The summed E-state index contributed by atoms with van der Waals surface area (Å²) in [5.41, 5.74) is 8.12. The molecule has 4 nitrogen and oxygen atoms in total. The third kappa shape index (κ3) is 2.53. The van der Waals surface area contributed by atoms with Gasteiger partial charge in [-0.25, -0.2) is 0 Å². The Balaban J connectivity index is 3.30. The molecule has 1 rings (SSSR count). The number of nitrogens with two attached hydrogens (primary N) is 1. The standard InChI is InChI=1S/C12H16ClNO3/c1-5-6(2)11(15)8(7(3)10(5)13)4-9(14)12(16)17/h9,15H,4,14H2,1-3H3,(H,16,17). The molecule has 0 amide bonds. The number of aliphatic carboxylic acids is 1. The molecule has 0 aliphatic rings. The van der Waals surface area contributed by atoms with E-state index >= 15 is 0 Å². The SMILES string of the molecule is Cc1c(C)c(Cl)c(C)c(CC(N)C(=O)O)c1O. The Morgan fingerprint density at radius 1 is 1.29 bits per heavy atom. The smallest absolute Gasteiger partial charge is 0.320 e. The number of carboxylic acids is 1. The highest BCUT2D eigenvalue weighted by Gasteiger charge is 2.20. The molecule has 0 saturated heterocycles. The Labute approximate surface area is 105 Å². The zero-order valence-corrected chi connectivity index (χ0v) is 10.8. The van der Waals surface area contributed by atoms with Crippen LogP contribution in [0.5, 0.6) is 5.75 Å². The van der Waals surface area contributed by atoms with Crippen LogP contribution in [0.3, 0.4) is 0 Å². The maximum Gasteiger partial charge on any atom is 0.320 e. The van der Waals surface area contributed by atoms with Crippen molar-refractivity contribution < 1.29 is 15.0 Å². The summed E-state index contributed by atoms with van der Waals surface area (Å²) in [7, 11) is 0. The van der Waals surface area contributed by atoms with Gasteiger partial charge in [-0.15, -0.1) is 0 Å². The molecule has 0 fully saturated rings. The molecule has 0 heterocycles. The van der Waals surface area contributed by atoms with E-state index in [-0.39, 0.29) is 12.2 Å². The quantitative estimate of drug-likeness (QED) is 0.773. The van der Waals surface area contributed by atoms with Crippen LogP contribution in [-0.2, 0) is 11.2 Å². The number of carbonyl (C=O) groups is 1. The van der Waals surface area contributed by atoms with E-state index in [4.69, 9.17) is 22.4 Å². The number of phenols is 1. The number of hydrogen-bond acceptors (Lipinski definition) is 3. The molecule has 1 atom stereocenters. The van der Waals surface area contributed by atoms with Gasteiger partial charge < -0.3 is 15.9 Å². The molecule has 0 aliphatic carbocycles. The molecule has 1 aromatic rings. The minimum atomic E-state index is -1.10. The van der Waals surface area contributed by atoms with Gasteiger partial charge in [-0.2, -0.15) is 0 Å². The van der Waals surface area contributed by atoms with Crippen LogP contribution in [0.25, 0.3) is 0 Å². The molecular weight excluding hydrogens is 242 g/mol. The highest BCUT2D eigenvalue weighted by atomic mass is 35.5. The molecule has 1 unspecified atom stereocenters. The Hall–Kier alpha value is -1.26. The molecule has 0 saturated carbocycles. The van der Waals surface area contributed by atoms with E-state index < -0.39 is 12.0 Å². The summed E-state index contributed by atoms with van der Waals surface area (Å²) in [6, 6.07) is -1.04. The van der Waals surface area contributed by atoms with Gasteiger partial charge in [-0.1, -0.05) is 11.6 Å². The number of rotatable bonds is 3. The number of phenolic OH excluding ortho intramolecular Hbond substituents is 1. The number of halogens is 1. The first-order valence-corrected chi connectivity index (χ1v) is 5.60. The van der Waals surface area contributed by atoms with Gasteiger partial charge in [0, 0.05) is 17.0 Å². The van der Waals surface area contributed by atoms with Crippen molar-refractivity contribution in [2.24, 2.45) is 5.73 Å². The van der Waals surface area contributed by atoms with Gasteiger partial charge >= 0.3 is 5.97 Å². The fraction of sp³-hybridized carbons (Fsp3) is 0.417. The van der Waals surface area contributed by atoms with Crippen LogP contribution in [-0.4, -0.2) is 22.2 Å². The molecule has 0 radical (unpaired) electrons. The number of benzene rings is 1. The maximum absolute atomic E-state index is 10.7. The molecule has 0 aromatic heterocycles. The molecule has 4 N–H and O–H groups in total. The van der Waals surface area contributed by atoms with E-state index in [0.29, 0.717) is 21.7 Å². The molecule has 0 aliphatic heterocycles. The van der Waals surface area contributed by atoms with Crippen molar-refractivity contribution in [2.75, 3.05) is 0 Å². The summed E-state index contributed by atoms with van der Waals surface area (Å²) >= 11 is 6.12. The fourth-order valence-electron chi connectivity index (χ4n) is 1.72. The van der Waals surface area contributed by atoms with Crippen molar-refractivity contribution in [1.29, 1.82) is 0 Å². The second-order valence-corrected chi connectivity index (χ2v) is 4.54. The molecule has 0 spiro atoms. The zero-order chi connectivity index (χ0) is 13.3. The van der Waals surface area contributed by atoms with E-state index in [0.717, 1.165) is 5.56 Å². The van der Waals surface area contributed by atoms with Crippen LogP contribution in [0.4, 0.5) is 0 Å². The minimum Gasteiger partial charge on any atom is -0.507 e. The molecular formula is C12H16ClNO3. The van der Waals surface area contributed by atoms with Crippen molar-refractivity contribution in [2.45, 2.75) is 33.2 Å². The lowest BCUT2D eigenvalue weighted by molar-refractivity contribution is -0.138. The van der Waals surface area contributed by atoms with Crippen LogP contribution < -0.4 is 5.73 Å². The lowest BCUT2D eigenvalue weighted by Gasteiger charge is -2.17. The van der Waals surface area contributed by atoms with Crippen LogP contribution in [0, 0.1) is 20.8 Å². The van der Waals surface area contributed by atoms with Crippen LogP contribution >= 0.6 is 11.6 Å². The maximum atomic E-state index is 10.7. The fourth-order valence-corrected chi connectivity index (χ4v) is 1.97. The van der Waals surface area contributed by atoms with Gasteiger partial charge in [0.15, 0.2) is 0 Å². The monoisotopic (exact) mass is 257 g/mol. The largest absolute Gasteiger partial charge is 0.507 e. The number of carboxylic acid groups (broad SMARTS) is 1. The Morgan fingerprint density at radius 2 is 1.82 bits per heavy atom. The van der Waals surface area contributed by atoms with Gasteiger partial charge in [-0.05, 0) is 37.5 Å². The summed E-state index contributed by atoms with van der Waals surface area (Å²) < 4.78 is 0. The first-order chi connectivity index (χ1) is 7.77. The van der Waals surface area contributed by atoms with Crippen LogP contribution in [0.1, 0.15) is 22.3 Å². The second-order valence-electron chi connectivity index (χ2n) is 4.16. The minimum absolute atomic E-state index is 0.0633. The van der Waals surface area contributed by atoms with E-state index in [1.807, 2.05) is 6.92 Å². The van der Waals surface area contributed by atoms with Gasteiger partial charge in [0.2, 0.25) is 0 Å². The molecule has 17 heavy (non-hydrogen) atoms. The van der Waals surface area contributed by atoms with Gasteiger partial charge in [0.05, 0.1) is 0 Å². The van der Waals surface area contributed by atoms with E-state index in [2.05, 4.69) is 0 Å². The third-order valence-electron chi connectivity index (χ3n) is 3.06. The summed E-state index contributed by atoms with van der Waals surface area (Å²) in [5.74, 6) is -1.01. The van der Waals surface area contributed by atoms with Crippen molar-refractivity contribution >= 4 is 17.6 Å². The third-order valence-corrected chi connectivity index (χ3v) is 3.62. The van der Waals surface area contributed by atoms with Crippen LogP contribution in [0.2, 0.25) is 5.02 Å². The zero-order valence-electron chi connectivity index (χ0n) is 10.0. The van der Waals surface area contributed by atoms with Gasteiger partial charge in [0.25, 0.3) is 0 Å². The van der Waals surface area contributed by atoms with E-state index in [1.165, 1.54) is 0 Å². The van der Waals surface area contributed by atoms with Gasteiger partial charge in [0.1, 0.15) is 11.8 Å². The second kappa shape index (κ2) is 4.94. The number of hydrogen-bond donors (Lipinski definition) is 3. The highest BCUT2D eigenvalue weighted by Crippen LogP contribution is 2.35. The first kappa shape index (κ1) is 13.8. The van der Waals surface area contributed by atoms with Crippen LogP contribution in [0.15, 0.2) is 0 Å². The average molecular weight is 258 g/mol. The van der Waals surface area contributed by atoms with Crippen molar-refractivity contribution in [1.82, 2.24) is 0 Å². The summed E-state index contributed by atoms with van der Waals surface area (Å²) in [6.07, 6.45) is 0.0633. The number of aromatic hydroxyl groups is 1. The predicted molar refractivity (Wildman–Crippen MR) is 66.6 cm³/mol. The Morgan fingerprint density at radius 3 is 2.29 bits per heavy atom. The summed E-state index contributed by atoms with van der Waals surface area (Å²) in [6.45, 7) is 5.30. The molecule has 0 bridgehead atoms. The van der Waals surface area contributed by atoms with E-state index in [1.54, 1.807) is 13.8 Å².